The van der Waals surface area contributed by atoms with Gasteiger partial charge in [0.05, 0.1) is 12.2 Å². The first-order valence-corrected chi connectivity index (χ1v) is 8.01. The lowest BCUT2D eigenvalue weighted by Crippen LogP contribution is -2.29. The minimum atomic E-state index is 0.548. The summed E-state index contributed by atoms with van der Waals surface area (Å²) in [5.74, 6) is 0. The molecular formula is C16H17N3S. The Labute approximate surface area is 122 Å². The van der Waals surface area contributed by atoms with Gasteiger partial charge in [-0.3, -0.25) is 4.68 Å². The van der Waals surface area contributed by atoms with Crippen LogP contribution in [0.3, 0.4) is 0 Å². The number of nitrogens with zero attached hydrogens (tertiary/aromatic N) is 2. The van der Waals surface area contributed by atoms with Gasteiger partial charge in [-0.05, 0) is 49.0 Å². The molecule has 0 saturated carbocycles. The summed E-state index contributed by atoms with van der Waals surface area (Å²) in [6, 6.07) is 9.26. The molecule has 2 aromatic heterocycles. The normalized spacial score (nSPS) is 16.8. The number of piperidine rings is 1. The van der Waals surface area contributed by atoms with Crippen molar-refractivity contribution in [3.8, 4) is 11.1 Å². The summed E-state index contributed by atoms with van der Waals surface area (Å²) in [7, 11) is 0. The molecule has 4 heteroatoms. The largest absolute Gasteiger partial charge is 0.317 e. The monoisotopic (exact) mass is 283 g/mol. The molecule has 1 aromatic carbocycles. The van der Waals surface area contributed by atoms with Gasteiger partial charge < -0.3 is 5.32 Å². The highest BCUT2D eigenvalue weighted by Crippen LogP contribution is 2.32. The molecule has 3 nitrogen and oxygen atoms in total. The highest BCUT2D eigenvalue weighted by molar-refractivity contribution is 7.17. The molecule has 0 unspecified atom stereocenters. The van der Waals surface area contributed by atoms with Crippen LogP contribution < -0.4 is 5.32 Å². The third-order valence-electron chi connectivity index (χ3n) is 4.09. The topological polar surface area (TPSA) is 29.9 Å². The van der Waals surface area contributed by atoms with E-state index in [1.807, 2.05) is 6.20 Å². The summed E-state index contributed by atoms with van der Waals surface area (Å²) in [5, 5.41) is 11.5. The van der Waals surface area contributed by atoms with Gasteiger partial charge in [-0.25, -0.2) is 0 Å². The van der Waals surface area contributed by atoms with Crippen LogP contribution in [-0.2, 0) is 0 Å². The SMILES string of the molecule is c1cc(-c2cnn(C3CCNCC3)c2)c2ccsc2c1. The van der Waals surface area contributed by atoms with Crippen LogP contribution in [0, 0.1) is 0 Å². The second-order valence-corrected chi connectivity index (χ2v) is 6.28. The maximum atomic E-state index is 4.60. The zero-order valence-corrected chi connectivity index (χ0v) is 12.1. The van der Waals surface area contributed by atoms with Crippen molar-refractivity contribution in [1.29, 1.82) is 0 Å². The van der Waals surface area contributed by atoms with Crippen molar-refractivity contribution in [2.45, 2.75) is 18.9 Å². The fraction of sp³-hybridized carbons (Fsp3) is 0.312. The van der Waals surface area contributed by atoms with Gasteiger partial charge in [0.1, 0.15) is 0 Å². The molecule has 20 heavy (non-hydrogen) atoms. The molecule has 102 valence electrons. The van der Waals surface area contributed by atoms with E-state index in [4.69, 9.17) is 0 Å². The molecule has 0 spiro atoms. The lowest BCUT2D eigenvalue weighted by Gasteiger charge is -2.22. The summed E-state index contributed by atoms with van der Waals surface area (Å²) in [5.41, 5.74) is 2.52. The van der Waals surface area contributed by atoms with Crippen molar-refractivity contribution in [2.24, 2.45) is 0 Å². The Bertz CT molecular complexity index is 722. The first-order valence-electron chi connectivity index (χ1n) is 7.13. The van der Waals surface area contributed by atoms with Crippen LogP contribution in [0.25, 0.3) is 21.2 Å². The van der Waals surface area contributed by atoms with Gasteiger partial charge in [0.2, 0.25) is 0 Å². The molecule has 1 saturated heterocycles. The van der Waals surface area contributed by atoms with Crippen LogP contribution in [0.1, 0.15) is 18.9 Å². The second kappa shape index (κ2) is 5.04. The van der Waals surface area contributed by atoms with Crippen molar-refractivity contribution in [1.82, 2.24) is 15.1 Å². The van der Waals surface area contributed by atoms with E-state index in [1.54, 1.807) is 11.3 Å². The van der Waals surface area contributed by atoms with Crippen LogP contribution in [0.4, 0.5) is 0 Å². The minimum Gasteiger partial charge on any atom is -0.317 e. The molecule has 1 aliphatic rings. The quantitative estimate of drug-likeness (QED) is 0.777. The van der Waals surface area contributed by atoms with Crippen LogP contribution >= 0.6 is 11.3 Å². The third-order valence-corrected chi connectivity index (χ3v) is 4.97. The number of hydrogen-bond acceptors (Lipinski definition) is 3. The van der Waals surface area contributed by atoms with Crippen molar-refractivity contribution < 1.29 is 0 Å². The number of thiophene rings is 1. The zero-order chi connectivity index (χ0) is 13.4. The van der Waals surface area contributed by atoms with Crippen LogP contribution in [0.15, 0.2) is 42.0 Å². The van der Waals surface area contributed by atoms with Crippen molar-refractivity contribution in [3.05, 3.63) is 42.0 Å². The van der Waals surface area contributed by atoms with Crippen molar-refractivity contribution >= 4 is 21.4 Å². The summed E-state index contributed by atoms with van der Waals surface area (Å²) in [4.78, 5) is 0. The van der Waals surface area contributed by atoms with Gasteiger partial charge in [-0.15, -0.1) is 11.3 Å². The predicted molar refractivity (Wildman–Crippen MR) is 84.2 cm³/mol. The maximum Gasteiger partial charge on any atom is 0.0568 e. The van der Waals surface area contributed by atoms with Gasteiger partial charge in [-0.1, -0.05) is 12.1 Å². The molecule has 4 rings (SSSR count). The lowest BCUT2D eigenvalue weighted by molar-refractivity contribution is 0.343. The van der Waals surface area contributed by atoms with E-state index in [9.17, 15) is 0 Å². The molecule has 0 radical (unpaired) electrons. The van der Waals surface area contributed by atoms with Gasteiger partial charge in [0.25, 0.3) is 0 Å². The van der Waals surface area contributed by atoms with Gasteiger partial charge in [0, 0.05) is 21.8 Å². The minimum absolute atomic E-state index is 0.548. The predicted octanol–water partition coefficient (Wildman–Crippen LogP) is 3.69. The fourth-order valence-corrected chi connectivity index (χ4v) is 3.81. The van der Waals surface area contributed by atoms with Crippen LogP contribution in [0.5, 0.6) is 0 Å². The van der Waals surface area contributed by atoms with E-state index < -0.39 is 0 Å². The summed E-state index contributed by atoms with van der Waals surface area (Å²) < 4.78 is 3.50. The molecule has 1 fully saturated rings. The molecule has 3 heterocycles. The van der Waals surface area contributed by atoms with E-state index in [1.165, 1.54) is 34.1 Å². The third kappa shape index (κ3) is 2.05. The molecular weight excluding hydrogens is 266 g/mol. The Hall–Kier alpha value is -1.65. The highest BCUT2D eigenvalue weighted by atomic mass is 32.1. The average molecular weight is 283 g/mol. The van der Waals surface area contributed by atoms with Gasteiger partial charge >= 0.3 is 0 Å². The zero-order valence-electron chi connectivity index (χ0n) is 11.2. The van der Waals surface area contributed by atoms with Crippen LogP contribution in [0.2, 0.25) is 0 Å². The molecule has 1 aliphatic heterocycles. The first kappa shape index (κ1) is 12.1. The first-order chi connectivity index (χ1) is 9.92. The molecule has 0 atom stereocenters. The average Bonchev–Trinajstić information content (AvgIpc) is 3.17. The van der Waals surface area contributed by atoms with Crippen LogP contribution in [-0.4, -0.2) is 22.9 Å². The molecule has 0 aliphatic carbocycles. The second-order valence-electron chi connectivity index (χ2n) is 5.33. The number of benzene rings is 1. The molecule has 0 bridgehead atoms. The summed E-state index contributed by atoms with van der Waals surface area (Å²) >= 11 is 1.80. The standard InChI is InChI=1S/C16H17N3S/c1-2-14(15-6-9-20-16(15)3-1)12-10-18-19(11-12)13-4-7-17-8-5-13/h1-3,6,9-11,13,17H,4-5,7-8H2. The highest BCUT2D eigenvalue weighted by Gasteiger charge is 2.16. The van der Waals surface area contributed by atoms with Crippen molar-refractivity contribution in [2.75, 3.05) is 13.1 Å². The Morgan fingerprint density at radius 1 is 1.20 bits per heavy atom. The summed E-state index contributed by atoms with van der Waals surface area (Å²) in [6.45, 7) is 2.19. The maximum absolute atomic E-state index is 4.60. The molecule has 1 N–H and O–H groups in total. The molecule has 3 aromatic rings. The van der Waals surface area contributed by atoms with E-state index in [-0.39, 0.29) is 0 Å². The summed E-state index contributed by atoms with van der Waals surface area (Å²) in [6.07, 6.45) is 6.56. The number of hydrogen-bond donors (Lipinski definition) is 1. The Morgan fingerprint density at radius 3 is 3.00 bits per heavy atom. The van der Waals surface area contributed by atoms with Gasteiger partial charge in [-0.2, -0.15) is 5.10 Å². The number of fused-ring (bicyclic) bond motifs is 1. The van der Waals surface area contributed by atoms with E-state index >= 15 is 0 Å². The smallest absolute Gasteiger partial charge is 0.0568 e. The fourth-order valence-electron chi connectivity index (χ4n) is 2.99. The van der Waals surface area contributed by atoms with Gasteiger partial charge in [0.15, 0.2) is 0 Å². The van der Waals surface area contributed by atoms with E-state index in [0.29, 0.717) is 6.04 Å². The number of aromatic nitrogens is 2. The Balaban J connectivity index is 1.72. The number of rotatable bonds is 2. The lowest BCUT2D eigenvalue weighted by atomic mass is 10.1. The Morgan fingerprint density at radius 2 is 2.10 bits per heavy atom. The van der Waals surface area contributed by atoms with E-state index in [2.05, 4.69) is 50.9 Å². The van der Waals surface area contributed by atoms with E-state index in [0.717, 1.165) is 13.1 Å². The molecule has 0 amide bonds. The van der Waals surface area contributed by atoms with Crippen molar-refractivity contribution in [3.63, 3.8) is 0 Å². The number of nitrogens with one attached hydrogen (secondary N) is 1. The Kier molecular flexibility index (Phi) is 3.05.